The smallest absolute Gasteiger partial charge is 0.224 e. The number of fused-ring (bicyclic) bond motifs is 1. The number of rotatable bonds is 5. The molecule has 0 bridgehead atoms. The summed E-state index contributed by atoms with van der Waals surface area (Å²) in [6.45, 7) is 6.87. The summed E-state index contributed by atoms with van der Waals surface area (Å²) in [6, 6.07) is 6.44. The molecule has 152 valence electrons. The Bertz CT molecular complexity index is 974. The highest BCUT2D eigenvalue weighted by molar-refractivity contribution is 5.86. The molecule has 2 aliphatic rings. The van der Waals surface area contributed by atoms with Gasteiger partial charge in [0.15, 0.2) is 0 Å². The highest BCUT2D eigenvalue weighted by Crippen LogP contribution is 2.30. The first-order valence-corrected chi connectivity index (χ1v) is 10.5. The molecule has 1 aromatic carbocycles. The molecule has 2 fully saturated rings. The fourth-order valence-corrected chi connectivity index (χ4v) is 4.35. The van der Waals surface area contributed by atoms with Gasteiger partial charge in [0.2, 0.25) is 5.88 Å². The molecule has 1 saturated heterocycles. The van der Waals surface area contributed by atoms with E-state index in [9.17, 15) is 0 Å². The van der Waals surface area contributed by atoms with Gasteiger partial charge in [0.05, 0.1) is 17.1 Å². The summed E-state index contributed by atoms with van der Waals surface area (Å²) >= 11 is 0. The van der Waals surface area contributed by atoms with Crippen LogP contribution in [0.25, 0.3) is 10.9 Å². The number of aryl methyl sites for hydroxylation is 1. The van der Waals surface area contributed by atoms with Crippen LogP contribution in [0, 0.1) is 6.92 Å². The molecule has 29 heavy (non-hydrogen) atoms. The SMILES string of the molecule is Cc1oncc1CN1CCN(c2ccc3ncnc(OC4CCCC4)c3c2)CC1. The highest BCUT2D eigenvalue weighted by atomic mass is 16.5. The average Bonchev–Trinajstić information content (AvgIpc) is 3.41. The van der Waals surface area contributed by atoms with Crippen molar-refractivity contribution in [1.29, 1.82) is 0 Å². The predicted octanol–water partition coefficient (Wildman–Crippen LogP) is 3.57. The van der Waals surface area contributed by atoms with Crippen LogP contribution in [0.1, 0.15) is 37.0 Å². The number of hydrogen-bond donors (Lipinski definition) is 0. The Morgan fingerprint density at radius 3 is 2.69 bits per heavy atom. The highest BCUT2D eigenvalue weighted by Gasteiger charge is 2.21. The minimum atomic E-state index is 0.293. The molecular formula is C22H27N5O2. The van der Waals surface area contributed by atoms with Crippen LogP contribution in [0.2, 0.25) is 0 Å². The maximum absolute atomic E-state index is 6.23. The lowest BCUT2D eigenvalue weighted by Crippen LogP contribution is -2.46. The summed E-state index contributed by atoms with van der Waals surface area (Å²) < 4.78 is 11.4. The van der Waals surface area contributed by atoms with Crippen LogP contribution in [-0.2, 0) is 6.54 Å². The molecule has 2 aromatic heterocycles. The molecule has 0 atom stereocenters. The molecule has 3 heterocycles. The van der Waals surface area contributed by atoms with Crippen LogP contribution in [0.5, 0.6) is 5.88 Å². The van der Waals surface area contributed by atoms with Gasteiger partial charge in [0.25, 0.3) is 0 Å². The van der Waals surface area contributed by atoms with Crippen LogP contribution in [0.15, 0.2) is 35.2 Å². The molecule has 0 spiro atoms. The van der Waals surface area contributed by atoms with Crippen LogP contribution in [0.3, 0.4) is 0 Å². The van der Waals surface area contributed by atoms with Crippen LogP contribution < -0.4 is 9.64 Å². The first kappa shape index (κ1) is 18.4. The van der Waals surface area contributed by atoms with Gasteiger partial charge in [0, 0.05) is 44.0 Å². The zero-order chi connectivity index (χ0) is 19.6. The van der Waals surface area contributed by atoms with Crippen molar-refractivity contribution in [1.82, 2.24) is 20.0 Å². The van der Waals surface area contributed by atoms with Gasteiger partial charge >= 0.3 is 0 Å². The fraction of sp³-hybridized carbons (Fsp3) is 0.500. The summed E-state index contributed by atoms with van der Waals surface area (Å²) in [7, 11) is 0. The van der Waals surface area contributed by atoms with E-state index >= 15 is 0 Å². The van der Waals surface area contributed by atoms with Gasteiger partial charge < -0.3 is 14.2 Å². The molecular weight excluding hydrogens is 366 g/mol. The average molecular weight is 393 g/mol. The van der Waals surface area contributed by atoms with Gasteiger partial charge in [-0.1, -0.05) is 5.16 Å². The number of ether oxygens (including phenoxy) is 1. The third kappa shape index (κ3) is 3.92. The largest absolute Gasteiger partial charge is 0.474 e. The second-order valence-electron chi connectivity index (χ2n) is 8.08. The van der Waals surface area contributed by atoms with Crippen molar-refractivity contribution in [3.8, 4) is 5.88 Å². The van der Waals surface area contributed by atoms with Crippen LogP contribution in [0.4, 0.5) is 5.69 Å². The summed E-state index contributed by atoms with van der Waals surface area (Å²) in [5.41, 5.74) is 3.33. The van der Waals surface area contributed by atoms with Crippen molar-refractivity contribution < 1.29 is 9.26 Å². The van der Waals surface area contributed by atoms with Crippen molar-refractivity contribution in [3.05, 3.63) is 42.0 Å². The standard InChI is InChI=1S/C22H27N5O2/c1-16-17(13-25-29-16)14-26-8-10-27(11-9-26)18-6-7-21-20(12-18)22(24-15-23-21)28-19-4-2-3-5-19/h6-7,12-13,15,19H,2-5,8-11,14H2,1H3. The summed E-state index contributed by atoms with van der Waals surface area (Å²) in [6.07, 6.45) is 8.47. The van der Waals surface area contributed by atoms with Gasteiger partial charge in [0.1, 0.15) is 18.2 Å². The molecule has 5 rings (SSSR count). The van der Waals surface area contributed by atoms with E-state index < -0.39 is 0 Å². The first-order valence-electron chi connectivity index (χ1n) is 10.5. The molecule has 1 aliphatic heterocycles. The summed E-state index contributed by atoms with van der Waals surface area (Å²) in [5, 5.41) is 4.90. The fourth-order valence-electron chi connectivity index (χ4n) is 4.35. The van der Waals surface area contributed by atoms with E-state index in [1.54, 1.807) is 6.33 Å². The van der Waals surface area contributed by atoms with Crippen molar-refractivity contribution in [2.45, 2.75) is 45.3 Å². The van der Waals surface area contributed by atoms with E-state index in [0.717, 1.165) is 68.1 Å². The third-order valence-electron chi connectivity index (χ3n) is 6.14. The maximum Gasteiger partial charge on any atom is 0.224 e. The van der Waals surface area contributed by atoms with Gasteiger partial charge in [-0.15, -0.1) is 0 Å². The Labute approximate surface area is 170 Å². The molecule has 3 aromatic rings. The molecule has 0 amide bonds. The number of aromatic nitrogens is 3. The monoisotopic (exact) mass is 393 g/mol. The van der Waals surface area contributed by atoms with Crippen LogP contribution >= 0.6 is 0 Å². The topological polar surface area (TPSA) is 67.5 Å². The van der Waals surface area contributed by atoms with E-state index in [4.69, 9.17) is 9.26 Å². The van der Waals surface area contributed by atoms with Crippen molar-refractivity contribution in [2.75, 3.05) is 31.1 Å². The minimum Gasteiger partial charge on any atom is -0.474 e. The van der Waals surface area contributed by atoms with Crippen molar-refractivity contribution in [3.63, 3.8) is 0 Å². The van der Waals surface area contributed by atoms with E-state index in [-0.39, 0.29) is 0 Å². The second-order valence-corrected chi connectivity index (χ2v) is 8.08. The molecule has 0 unspecified atom stereocenters. The number of hydrogen-bond acceptors (Lipinski definition) is 7. The van der Waals surface area contributed by atoms with Crippen molar-refractivity contribution in [2.24, 2.45) is 0 Å². The van der Waals surface area contributed by atoms with E-state index in [1.807, 2.05) is 13.1 Å². The minimum absolute atomic E-state index is 0.293. The van der Waals surface area contributed by atoms with Gasteiger partial charge in [-0.3, -0.25) is 4.90 Å². The summed E-state index contributed by atoms with van der Waals surface area (Å²) in [5.74, 6) is 1.64. The van der Waals surface area contributed by atoms with E-state index in [1.165, 1.54) is 24.1 Å². The third-order valence-corrected chi connectivity index (χ3v) is 6.14. The zero-order valence-electron chi connectivity index (χ0n) is 16.9. The van der Waals surface area contributed by atoms with E-state index in [2.05, 4.69) is 43.1 Å². The summed E-state index contributed by atoms with van der Waals surface area (Å²) in [4.78, 5) is 13.8. The quantitative estimate of drug-likeness (QED) is 0.656. The van der Waals surface area contributed by atoms with Gasteiger partial charge in [-0.05, 0) is 50.8 Å². The zero-order valence-corrected chi connectivity index (χ0v) is 16.9. The molecule has 0 N–H and O–H groups in total. The Kier molecular flexibility index (Phi) is 5.06. The number of piperazine rings is 1. The Hall–Kier alpha value is -2.67. The van der Waals surface area contributed by atoms with Gasteiger partial charge in [-0.25, -0.2) is 9.97 Å². The van der Waals surface area contributed by atoms with Crippen molar-refractivity contribution >= 4 is 16.6 Å². The number of benzene rings is 1. The lowest BCUT2D eigenvalue weighted by Gasteiger charge is -2.36. The lowest BCUT2D eigenvalue weighted by molar-refractivity contribution is 0.204. The Morgan fingerprint density at radius 2 is 1.93 bits per heavy atom. The number of anilines is 1. The van der Waals surface area contributed by atoms with Gasteiger partial charge in [-0.2, -0.15) is 0 Å². The number of nitrogens with zero attached hydrogens (tertiary/aromatic N) is 5. The maximum atomic E-state index is 6.23. The molecule has 0 radical (unpaired) electrons. The van der Waals surface area contributed by atoms with Crippen LogP contribution in [-0.4, -0.2) is 52.3 Å². The Balaban J connectivity index is 1.29. The predicted molar refractivity (Wildman–Crippen MR) is 111 cm³/mol. The second kappa shape index (κ2) is 7.99. The molecule has 1 aliphatic carbocycles. The molecule has 1 saturated carbocycles. The molecule has 7 nitrogen and oxygen atoms in total. The Morgan fingerprint density at radius 1 is 1.10 bits per heavy atom. The normalized spacial score (nSPS) is 18.6. The first-order chi connectivity index (χ1) is 14.3. The van der Waals surface area contributed by atoms with E-state index in [0.29, 0.717) is 6.10 Å². The molecule has 7 heteroatoms. The lowest BCUT2D eigenvalue weighted by atomic mass is 10.1.